The van der Waals surface area contributed by atoms with E-state index in [1.807, 2.05) is 6.07 Å². The summed E-state index contributed by atoms with van der Waals surface area (Å²) < 4.78 is 30.3. The number of nitrogens with one attached hydrogen (secondary N) is 1. The molecular weight excluding hydrogens is 358 g/mol. The zero-order valence-corrected chi connectivity index (χ0v) is 15.7. The third-order valence-electron chi connectivity index (χ3n) is 4.72. The molecule has 0 aromatic heterocycles. The number of nitrogens with zero attached hydrogens (tertiary/aromatic N) is 2. The zero-order valence-electron chi connectivity index (χ0n) is 14.8. The van der Waals surface area contributed by atoms with E-state index in [1.165, 1.54) is 22.4 Å². The summed E-state index contributed by atoms with van der Waals surface area (Å²) in [6.07, 6.45) is 1.51. The number of hydrogen-bond acceptors (Lipinski definition) is 5. The van der Waals surface area contributed by atoms with Gasteiger partial charge in [0.05, 0.1) is 18.5 Å². The number of fused-ring (bicyclic) bond motifs is 1. The van der Waals surface area contributed by atoms with Crippen LogP contribution in [0.5, 0.6) is 5.75 Å². The standard InChI is InChI=1S/C17H23N3O5S/c1-12(21)20-11-16(25-15-6-4-3-5-14(15)20)17(22)18-13-7-9-19(10-8-13)26(2,23)24/h3-6,13,16H,7-11H2,1-2H3,(H,18,22)/t16-/m1/s1. The molecule has 2 heterocycles. The summed E-state index contributed by atoms with van der Waals surface area (Å²) in [7, 11) is -3.20. The molecule has 26 heavy (non-hydrogen) atoms. The van der Waals surface area contributed by atoms with Gasteiger partial charge < -0.3 is 15.0 Å². The Bertz CT molecular complexity index is 802. The summed E-state index contributed by atoms with van der Waals surface area (Å²) in [6.45, 7) is 2.38. The van der Waals surface area contributed by atoms with E-state index in [1.54, 1.807) is 18.2 Å². The Hall–Kier alpha value is -2.13. The summed E-state index contributed by atoms with van der Waals surface area (Å²) >= 11 is 0. The topological polar surface area (TPSA) is 96.0 Å². The second kappa shape index (κ2) is 7.24. The van der Waals surface area contributed by atoms with Crippen molar-refractivity contribution in [1.29, 1.82) is 0 Å². The molecule has 0 spiro atoms. The minimum absolute atomic E-state index is 0.105. The number of sulfonamides is 1. The van der Waals surface area contributed by atoms with Crippen molar-refractivity contribution >= 4 is 27.5 Å². The van der Waals surface area contributed by atoms with Gasteiger partial charge in [-0.15, -0.1) is 0 Å². The number of hydrogen-bond donors (Lipinski definition) is 1. The highest BCUT2D eigenvalue weighted by atomic mass is 32.2. The van der Waals surface area contributed by atoms with Crippen molar-refractivity contribution in [1.82, 2.24) is 9.62 Å². The summed E-state index contributed by atoms with van der Waals surface area (Å²) in [6, 6.07) is 7.01. The molecule has 1 fully saturated rings. The molecule has 1 aromatic carbocycles. The molecule has 9 heteroatoms. The van der Waals surface area contributed by atoms with Gasteiger partial charge in [-0.25, -0.2) is 12.7 Å². The predicted molar refractivity (Wildman–Crippen MR) is 96.5 cm³/mol. The lowest BCUT2D eigenvalue weighted by molar-refractivity contribution is -0.129. The molecule has 0 bridgehead atoms. The van der Waals surface area contributed by atoms with Gasteiger partial charge in [0.1, 0.15) is 5.75 Å². The van der Waals surface area contributed by atoms with Crippen LogP contribution in [0.15, 0.2) is 24.3 Å². The van der Waals surface area contributed by atoms with Crippen molar-refractivity contribution in [2.24, 2.45) is 0 Å². The Kier molecular flexibility index (Phi) is 5.19. The molecule has 1 N–H and O–H groups in total. The largest absolute Gasteiger partial charge is 0.477 e. The number of anilines is 1. The molecule has 2 aliphatic heterocycles. The van der Waals surface area contributed by atoms with E-state index >= 15 is 0 Å². The van der Waals surface area contributed by atoms with Crippen molar-refractivity contribution in [3.8, 4) is 5.75 Å². The molecule has 1 aromatic rings. The maximum absolute atomic E-state index is 12.6. The summed E-state index contributed by atoms with van der Waals surface area (Å²) in [4.78, 5) is 26.1. The summed E-state index contributed by atoms with van der Waals surface area (Å²) in [5.74, 6) is 0.0598. The molecule has 0 aliphatic carbocycles. The Labute approximate surface area is 153 Å². The number of rotatable bonds is 3. The Morgan fingerprint density at radius 2 is 1.85 bits per heavy atom. The maximum atomic E-state index is 12.6. The van der Waals surface area contributed by atoms with Gasteiger partial charge in [-0.1, -0.05) is 12.1 Å². The van der Waals surface area contributed by atoms with Crippen LogP contribution < -0.4 is 15.0 Å². The van der Waals surface area contributed by atoms with Crippen molar-refractivity contribution in [2.75, 3.05) is 30.8 Å². The maximum Gasteiger partial charge on any atom is 0.263 e. The predicted octanol–water partition coefficient (Wildman–Crippen LogP) is 0.341. The molecule has 142 valence electrons. The fourth-order valence-corrected chi connectivity index (χ4v) is 4.17. The molecule has 3 rings (SSSR count). The first-order valence-corrected chi connectivity index (χ1v) is 10.4. The van der Waals surface area contributed by atoms with Gasteiger partial charge in [0.25, 0.3) is 5.91 Å². The number of carbonyl (C=O) groups is 2. The molecule has 8 nitrogen and oxygen atoms in total. The molecule has 0 unspecified atom stereocenters. The Balaban J connectivity index is 1.63. The van der Waals surface area contributed by atoms with Gasteiger partial charge in [-0.05, 0) is 25.0 Å². The van der Waals surface area contributed by atoms with E-state index in [-0.39, 0.29) is 24.4 Å². The lowest BCUT2D eigenvalue weighted by Crippen LogP contribution is -2.54. The number of amides is 2. The number of ether oxygens (including phenoxy) is 1. The highest BCUT2D eigenvalue weighted by Crippen LogP contribution is 2.33. The van der Waals surface area contributed by atoms with E-state index in [0.717, 1.165) is 0 Å². The molecular formula is C17H23N3O5S. The average molecular weight is 381 g/mol. The first kappa shape index (κ1) is 18.7. The number of piperidine rings is 1. The van der Waals surface area contributed by atoms with E-state index in [4.69, 9.17) is 4.74 Å². The van der Waals surface area contributed by atoms with Crippen LogP contribution in [0.3, 0.4) is 0 Å². The minimum atomic E-state index is -3.20. The average Bonchev–Trinajstić information content (AvgIpc) is 2.60. The minimum Gasteiger partial charge on any atom is -0.477 e. The normalized spacial score (nSPS) is 21.6. The Morgan fingerprint density at radius 1 is 1.19 bits per heavy atom. The molecule has 0 saturated carbocycles. The molecule has 2 amide bonds. The second-order valence-electron chi connectivity index (χ2n) is 6.65. The van der Waals surface area contributed by atoms with Crippen molar-refractivity contribution in [2.45, 2.75) is 31.9 Å². The number of para-hydroxylation sites is 2. The van der Waals surface area contributed by atoms with Crippen molar-refractivity contribution in [3.63, 3.8) is 0 Å². The van der Waals surface area contributed by atoms with Crippen molar-refractivity contribution < 1.29 is 22.7 Å². The molecule has 2 aliphatic rings. The number of benzene rings is 1. The van der Waals surface area contributed by atoms with Gasteiger partial charge in [0.2, 0.25) is 15.9 Å². The van der Waals surface area contributed by atoms with E-state index in [0.29, 0.717) is 37.4 Å². The zero-order chi connectivity index (χ0) is 18.9. The third-order valence-corrected chi connectivity index (χ3v) is 6.02. The van der Waals surface area contributed by atoms with Crippen LogP contribution in [0.1, 0.15) is 19.8 Å². The first-order valence-electron chi connectivity index (χ1n) is 8.55. The van der Waals surface area contributed by atoms with Gasteiger partial charge in [0.15, 0.2) is 6.10 Å². The second-order valence-corrected chi connectivity index (χ2v) is 8.63. The number of carbonyl (C=O) groups excluding carboxylic acids is 2. The van der Waals surface area contributed by atoms with E-state index in [2.05, 4.69) is 5.32 Å². The molecule has 0 radical (unpaired) electrons. The molecule has 1 saturated heterocycles. The fraction of sp³-hybridized carbons (Fsp3) is 0.529. The SMILES string of the molecule is CC(=O)N1C[C@H](C(=O)NC2CCN(S(C)(=O)=O)CC2)Oc2ccccc21. The van der Waals surface area contributed by atoms with Crippen LogP contribution in [-0.4, -0.2) is 62.6 Å². The van der Waals surface area contributed by atoms with Gasteiger partial charge in [-0.2, -0.15) is 0 Å². The van der Waals surface area contributed by atoms with Crippen LogP contribution in [0.4, 0.5) is 5.69 Å². The first-order chi connectivity index (χ1) is 12.3. The van der Waals surface area contributed by atoms with Gasteiger partial charge in [0, 0.05) is 26.1 Å². The van der Waals surface area contributed by atoms with Crippen LogP contribution in [0.25, 0.3) is 0 Å². The van der Waals surface area contributed by atoms with Crippen molar-refractivity contribution in [3.05, 3.63) is 24.3 Å². The summed E-state index contributed by atoms with van der Waals surface area (Å²) in [5.41, 5.74) is 0.658. The van der Waals surface area contributed by atoms with Crippen LogP contribution in [0, 0.1) is 0 Å². The van der Waals surface area contributed by atoms with E-state index < -0.39 is 16.1 Å². The summed E-state index contributed by atoms with van der Waals surface area (Å²) in [5, 5.41) is 2.93. The monoisotopic (exact) mass is 381 g/mol. The molecule has 1 atom stereocenters. The highest BCUT2D eigenvalue weighted by molar-refractivity contribution is 7.88. The van der Waals surface area contributed by atoms with Gasteiger partial charge in [-0.3, -0.25) is 9.59 Å². The Morgan fingerprint density at radius 3 is 2.46 bits per heavy atom. The lowest BCUT2D eigenvalue weighted by atomic mass is 10.1. The van der Waals surface area contributed by atoms with E-state index in [9.17, 15) is 18.0 Å². The van der Waals surface area contributed by atoms with Crippen LogP contribution >= 0.6 is 0 Å². The lowest BCUT2D eigenvalue weighted by Gasteiger charge is -2.35. The third kappa shape index (κ3) is 3.99. The smallest absolute Gasteiger partial charge is 0.263 e. The van der Waals surface area contributed by atoms with Crippen LogP contribution in [-0.2, 0) is 19.6 Å². The fourth-order valence-electron chi connectivity index (χ4n) is 3.30. The van der Waals surface area contributed by atoms with Crippen LogP contribution in [0.2, 0.25) is 0 Å². The highest BCUT2D eigenvalue weighted by Gasteiger charge is 2.34. The quantitative estimate of drug-likeness (QED) is 0.815. The van der Waals surface area contributed by atoms with Gasteiger partial charge >= 0.3 is 0 Å².